The molecule has 0 amide bonds. The van der Waals surface area contributed by atoms with Gasteiger partial charge in [0.15, 0.2) is 0 Å². The van der Waals surface area contributed by atoms with Gasteiger partial charge < -0.3 is 4.74 Å². The topological polar surface area (TPSA) is 9.23 Å². The van der Waals surface area contributed by atoms with Crippen molar-refractivity contribution >= 4 is 11.8 Å². The van der Waals surface area contributed by atoms with E-state index in [0.29, 0.717) is 0 Å². The van der Waals surface area contributed by atoms with E-state index in [1.54, 1.807) is 18.9 Å². The van der Waals surface area contributed by atoms with E-state index >= 15 is 0 Å². The standard InChI is InChI=1S/C14H14OS/c1-15-13-10-6-9-12(14(13)16-2)11-7-4-3-5-8-11/h3-10H,1-2H3. The van der Waals surface area contributed by atoms with Crippen molar-refractivity contribution in [3.05, 3.63) is 48.5 Å². The zero-order valence-electron chi connectivity index (χ0n) is 9.44. The molecule has 0 aliphatic carbocycles. The van der Waals surface area contributed by atoms with Crippen molar-refractivity contribution in [2.45, 2.75) is 4.90 Å². The number of hydrogen-bond acceptors (Lipinski definition) is 2. The number of ether oxygens (including phenoxy) is 1. The maximum atomic E-state index is 5.38. The monoisotopic (exact) mass is 230 g/mol. The zero-order chi connectivity index (χ0) is 11.4. The molecule has 0 spiro atoms. The maximum absolute atomic E-state index is 5.38. The Balaban J connectivity index is 2.57. The molecule has 0 atom stereocenters. The Bertz CT molecular complexity index is 465. The van der Waals surface area contributed by atoms with Gasteiger partial charge in [-0.15, -0.1) is 11.8 Å². The van der Waals surface area contributed by atoms with E-state index in [0.717, 1.165) is 5.75 Å². The number of hydrogen-bond donors (Lipinski definition) is 0. The Hall–Kier alpha value is -1.41. The molecule has 0 aliphatic rings. The summed E-state index contributed by atoms with van der Waals surface area (Å²) < 4.78 is 5.38. The van der Waals surface area contributed by atoms with Gasteiger partial charge in [-0.2, -0.15) is 0 Å². The lowest BCUT2D eigenvalue weighted by Crippen LogP contribution is -1.88. The summed E-state index contributed by atoms with van der Waals surface area (Å²) in [6.07, 6.45) is 2.07. The molecule has 0 bridgehead atoms. The van der Waals surface area contributed by atoms with E-state index in [1.807, 2.05) is 18.2 Å². The van der Waals surface area contributed by atoms with Crippen LogP contribution < -0.4 is 4.74 Å². The number of benzene rings is 2. The highest BCUT2D eigenvalue weighted by Crippen LogP contribution is 2.37. The summed E-state index contributed by atoms with van der Waals surface area (Å²) in [6, 6.07) is 16.5. The molecule has 2 aromatic carbocycles. The summed E-state index contributed by atoms with van der Waals surface area (Å²) in [6.45, 7) is 0. The Labute approximate surface area is 100 Å². The molecule has 0 aromatic heterocycles. The summed E-state index contributed by atoms with van der Waals surface area (Å²) in [5, 5.41) is 0. The fraction of sp³-hybridized carbons (Fsp3) is 0.143. The highest BCUT2D eigenvalue weighted by atomic mass is 32.2. The molecule has 2 heteroatoms. The maximum Gasteiger partial charge on any atom is 0.133 e. The van der Waals surface area contributed by atoms with Crippen molar-refractivity contribution < 1.29 is 4.74 Å². The van der Waals surface area contributed by atoms with Crippen LogP contribution in [0.25, 0.3) is 11.1 Å². The third-order valence-corrected chi connectivity index (χ3v) is 3.32. The number of rotatable bonds is 3. The van der Waals surface area contributed by atoms with E-state index in [9.17, 15) is 0 Å². The fourth-order valence-electron chi connectivity index (χ4n) is 1.73. The first-order valence-electron chi connectivity index (χ1n) is 5.13. The molecule has 0 heterocycles. The highest BCUT2D eigenvalue weighted by Gasteiger charge is 2.08. The van der Waals surface area contributed by atoms with Gasteiger partial charge in [0.25, 0.3) is 0 Å². The SMILES string of the molecule is COc1cccc(-c2ccccc2)c1SC. The third kappa shape index (κ3) is 2.07. The first-order chi connectivity index (χ1) is 7.86. The molecule has 82 valence electrons. The molecule has 1 nitrogen and oxygen atoms in total. The Kier molecular flexibility index (Phi) is 3.52. The van der Waals surface area contributed by atoms with Gasteiger partial charge in [0, 0.05) is 0 Å². The van der Waals surface area contributed by atoms with E-state index in [-0.39, 0.29) is 0 Å². The van der Waals surface area contributed by atoms with Crippen LogP contribution in [0.15, 0.2) is 53.4 Å². The summed E-state index contributed by atoms with van der Waals surface area (Å²) in [7, 11) is 1.71. The van der Waals surface area contributed by atoms with Crippen LogP contribution in [-0.4, -0.2) is 13.4 Å². The molecule has 0 N–H and O–H groups in total. The van der Waals surface area contributed by atoms with Crippen molar-refractivity contribution in [2.75, 3.05) is 13.4 Å². The van der Waals surface area contributed by atoms with Gasteiger partial charge in [0.1, 0.15) is 5.75 Å². The minimum Gasteiger partial charge on any atom is -0.496 e. The minimum absolute atomic E-state index is 0.939. The van der Waals surface area contributed by atoms with Gasteiger partial charge in [-0.1, -0.05) is 42.5 Å². The smallest absolute Gasteiger partial charge is 0.133 e. The lowest BCUT2D eigenvalue weighted by Gasteiger charge is -2.11. The molecule has 0 fully saturated rings. The second-order valence-corrected chi connectivity index (χ2v) is 4.22. The van der Waals surface area contributed by atoms with Gasteiger partial charge >= 0.3 is 0 Å². The lowest BCUT2D eigenvalue weighted by atomic mass is 10.1. The molecule has 0 unspecified atom stereocenters. The van der Waals surface area contributed by atoms with E-state index in [2.05, 4.69) is 36.6 Å². The Morgan fingerprint density at radius 3 is 2.31 bits per heavy atom. The van der Waals surface area contributed by atoms with Gasteiger partial charge in [-0.25, -0.2) is 0 Å². The minimum atomic E-state index is 0.939. The molecule has 0 radical (unpaired) electrons. The molecular weight excluding hydrogens is 216 g/mol. The predicted molar refractivity (Wildman–Crippen MR) is 70.2 cm³/mol. The Morgan fingerprint density at radius 2 is 1.69 bits per heavy atom. The normalized spacial score (nSPS) is 10.1. The van der Waals surface area contributed by atoms with E-state index < -0.39 is 0 Å². The first-order valence-corrected chi connectivity index (χ1v) is 6.35. The molecular formula is C14H14OS. The number of methoxy groups -OCH3 is 1. The largest absolute Gasteiger partial charge is 0.496 e. The van der Waals surface area contributed by atoms with Crippen molar-refractivity contribution in [3.8, 4) is 16.9 Å². The van der Waals surface area contributed by atoms with Crippen LogP contribution in [0.5, 0.6) is 5.75 Å². The van der Waals surface area contributed by atoms with E-state index in [4.69, 9.17) is 4.74 Å². The fourth-order valence-corrected chi connectivity index (χ4v) is 2.49. The summed E-state index contributed by atoms with van der Waals surface area (Å²) in [5.41, 5.74) is 2.46. The van der Waals surface area contributed by atoms with Gasteiger partial charge in [0.2, 0.25) is 0 Å². The molecule has 2 aromatic rings. The van der Waals surface area contributed by atoms with Crippen molar-refractivity contribution in [1.82, 2.24) is 0 Å². The molecule has 0 saturated heterocycles. The van der Waals surface area contributed by atoms with Crippen molar-refractivity contribution in [1.29, 1.82) is 0 Å². The highest BCUT2D eigenvalue weighted by molar-refractivity contribution is 7.98. The third-order valence-electron chi connectivity index (χ3n) is 2.49. The second-order valence-electron chi connectivity index (χ2n) is 3.41. The van der Waals surface area contributed by atoms with Crippen LogP contribution >= 0.6 is 11.8 Å². The van der Waals surface area contributed by atoms with Crippen molar-refractivity contribution in [3.63, 3.8) is 0 Å². The average molecular weight is 230 g/mol. The molecule has 0 aliphatic heterocycles. The van der Waals surface area contributed by atoms with Crippen LogP contribution in [0.4, 0.5) is 0 Å². The van der Waals surface area contributed by atoms with Crippen LogP contribution in [0.1, 0.15) is 0 Å². The Morgan fingerprint density at radius 1 is 0.938 bits per heavy atom. The summed E-state index contributed by atoms with van der Waals surface area (Å²) >= 11 is 1.72. The second kappa shape index (κ2) is 5.08. The van der Waals surface area contributed by atoms with Gasteiger partial charge in [0.05, 0.1) is 12.0 Å². The van der Waals surface area contributed by atoms with Gasteiger partial charge in [-0.05, 0) is 23.4 Å². The van der Waals surface area contributed by atoms with Crippen LogP contribution in [-0.2, 0) is 0 Å². The lowest BCUT2D eigenvalue weighted by molar-refractivity contribution is 0.405. The average Bonchev–Trinajstić information content (AvgIpc) is 2.38. The van der Waals surface area contributed by atoms with Crippen molar-refractivity contribution in [2.24, 2.45) is 0 Å². The summed E-state index contributed by atoms with van der Waals surface area (Å²) in [5.74, 6) is 0.939. The van der Waals surface area contributed by atoms with Crippen LogP contribution in [0.2, 0.25) is 0 Å². The predicted octanol–water partition coefficient (Wildman–Crippen LogP) is 4.08. The van der Waals surface area contributed by atoms with Crippen LogP contribution in [0.3, 0.4) is 0 Å². The number of thioether (sulfide) groups is 1. The molecule has 16 heavy (non-hydrogen) atoms. The summed E-state index contributed by atoms with van der Waals surface area (Å²) in [4.78, 5) is 1.19. The molecule has 2 rings (SSSR count). The first kappa shape index (κ1) is 11.1. The van der Waals surface area contributed by atoms with Crippen LogP contribution in [0, 0.1) is 0 Å². The van der Waals surface area contributed by atoms with E-state index in [1.165, 1.54) is 16.0 Å². The van der Waals surface area contributed by atoms with Gasteiger partial charge in [-0.3, -0.25) is 0 Å². The zero-order valence-corrected chi connectivity index (χ0v) is 10.3. The quantitative estimate of drug-likeness (QED) is 0.735. The molecule has 0 saturated carbocycles.